The fraction of sp³-hybridized carbons (Fsp3) is 0.111. The van der Waals surface area contributed by atoms with Crippen LogP contribution in [-0.2, 0) is 16.0 Å². The number of hydrogen-bond donors (Lipinski definition) is 0. The van der Waals surface area contributed by atoms with E-state index in [1.165, 1.54) is 36.4 Å². The molecule has 0 aliphatic carbocycles. The summed E-state index contributed by atoms with van der Waals surface area (Å²) in [5.74, 6) is -1.93. The highest BCUT2D eigenvalue weighted by Crippen LogP contribution is 2.35. The number of Topliss-reactive ketones (excluding diaryl/α,β-unsaturated/α-hetero) is 1. The number of carbonyl (C=O) groups excluding carboxylic acids is 1. The fourth-order valence-corrected chi connectivity index (χ4v) is 4.38. The number of alkyl halides is 3. The van der Waals surface area contributed by atoms with Crippen LogP contribution in [0.4, 0.5) is 13.2 Å². The van der Waals surface area contributed by atoms with Crippen molar-refractivity contribution in [3.63, 3.8) is 0 Å². The molecule has 0 spiro atoms. The van der Waals surface area contributed by atoms with Crippen LogP contribution in [0.15, 0.2) is 59.8 Å². The normalized spacial score (nSPS) is 12.2. The summed E-state index contributed by atoms with van der Waals surface area (Å²) in [6.07, 6.45) is -3.73. The Labute approximate surface area is 173 Å². The van der Waals surface area contributed by atoms with E-state index in [0.29, 0.717) is 0 Å². The van der Waals surface area contributed by atoms with E-state index in [0.717, 1.165) is 23.0 Å². The lowest BCUT2D eigenvalue weighted by Gasteiger charge is -2.13. The topological polar surface area (TPSA) is 69.0 Å². The maximum Gasteiger partial charge on any atom is 0.418 e. The molecule has 1 heterocycles. The lowest BCUT2D eigenvalue weighted by Crippen LogP contribution is -2.17. The largest absolute Gasteiger partial charge is 0.418 e. The van der Waals surface area contributed by atoms with E-state index in [1.807, 2.05) is 0 Å². The molecule has 0 aliphatic rings. The van der Waals surface area contributed by atoms with E-state index in [1.54, 1.807) is 0 Å². The molecule has 0 aliphatic heterocycles. The number of benzene rings is 2. The van der Waals surface area contributed by atoms with Crippen LogP contribution in [0, 0.1) is 0 Å². The maximum absolute atomic E-state index is 13.2. The van der Waals surface area contributed by atoms with Crippen LogP contribution in [0.2, 0.25) is 10.2 Å². The monoisotopic (exact) mass is 462 g/mol. The van der Waals surface area contributed by atoms with Crippen molar-refractivity contribution in [2.75, 3.05) is 5.75 Å². The number of aromatic nitrogens is 2. The van der Waals surface area contributed by atoms with Gasteiger partial charge in [0.05, 0.1) is 16.1 Å². The third-order valence-electron chi connectivity index (χ3n) is 3.92. The summed E-state index contributed by atoms with van der Waals surface area (Å²) in [5.41, 5.74) is -1.77. The van der Waals surface area contributed by atoms with Crippen LogP contribution in [-0.4, -0.2) is 29.5 Å². The number of rotatable bonds is 5. The van der Waals surface area contributed by atoms with Gasteiger partial charge in [-0.25, -0.2) is 13.4 Å². The van der Waals surface area contributed by atoms with Gasteiger partial charge in [0.15, 0.2) is 15.6 Å². The van der Waals surface area contributed by atoms with Gasteiger partial charge >= 0.3 is 6.18 Å². The zero-order valence-corrected chi connectivity index (χ0v) is 16.6. The lowest BCUT2D eigenvalue weighted by atomic mass is 10.1. The first-order chi connectivity index (χ1) is 13.5. The second-order valence-electron chi connectivity index (χ2n) is 5.91. The predicted molar refractivity (Wildman–Crippen MR) is 101 cm³/mol. The molecular formula is C18H11Cl2F3N2O3S. The molecule has 0 saturated heterocycles. The molecule has 11 heteroatoms. The molecule has 0 N–H and O–H groups in total. The molecular weight excluding hydrogens is 452 g/mol. The van der Waals surface area contributed by atoms with Gasteiger partial charge in [0.25, 0.3) is 0 Å². The van der Waals surface area contributed by atoms with Crippen molar-refractivity contribution in [2.24, 2.45) is 0 Å². The van der Waals surface area contributed by atoms with Gasteiger partial charge in [0.2, 0.25) is 0 Å². The second-order valence-corrected chi connectivity index (χ2v) is 8.69. The van der Waals surface area contributed by atoms with Gasteiger partial charge in [-0.05, 0) is 30.3 Å². The number of sulfone groups is 1. The molecule has 152 valence electrons. The number of halogens is 5. The fourth-order valence-electron chi connectivity index (χ4n) is 2.60. The summed E-state index contributed by atoms with van der Waals surface area (Å²) in [6, 6.07) is 9.93. The molecule has 5 nitrogen and oxygen atoms in total. The third kappa shape index (κ3) is 4.47. The van der Waals surface area contributed by atoms with E-state index in [-0.39, 0.29) is 15.6 Å². The van der Waals surface area contributed by atoms with Crippen LogP contribution >= 0.6 is 23.2 Å². The van der Waals surface area contributed by atoms with Crippen molar-refractivity contribution in [3.8, 4) is 5.69 Å². The Morgan fingerprint density at radius 2 is 1.76 bits per heavy atom. The minimum absolute atomic E-state index is 0.170. The molecule has 0 radical (unpaired) electrons. The summed E-state index contributed by atoms with van der Waals surface area (Å²) in [5, 5.41) is -0.252. The van der Waals surface area contributed by atoms with Crippen molar-refractivity contribution in [2.45, 2.75) is 11.1 Å². The molecule has 0 bridgehead atoms. The smallest absolute Gasteiger partial charge is 0.291 e. The van der Waals surface area contributed by atoms with Crippen molar-refractivity contribution in [1.29, 1.82) is 0 Å². The summed E-state index contributed by atoms with van der Waals surface area (Å²) in [6.45, 7) is 0. The maximum atomic E-state index is 13.2. The zero-order chi connectivity index (χ0) is 21.4. The van der Waals surface area contributed by atoms with Crippen LogP contribution in [0.3, 0.4) is 0 Å². The van der Waals surface area contributed by atoms with Crippen LogP contribution in [0.1, 0.15) is 16.1 Å². The Kier molecular flexibility index (Phi) is 5.75. The van der Waals surface area contributed by atoms with Crippen LogP contribution in [0.5, 0.6) is 0 Å². The molecule has 29 heavy (non-hydrogen) atoms. The Balaban J connectivity index is 1.96. The molecule has 3 rings (SSSR count). The number of ketones is 1. The average Bonchev–Trinajstić information content (AvgIpc) is 3.02. The summed E-state index contributed by atoms with van der Waals surface area (Å²) >= 11 is 11.8. The van der Waals surface area contributed by atoms with E-state index in [9.17, 15) is 26.4 Å². The van der Waals surface area contributed by atoms with E-state index >= 15 is 0 Å². The minimum Gasteiger partial charge on any atom is -0.291 e. The number of carbonyl (C=O) groups is 1. The van der Waals surface area contributed by atoms with Gasteiger partial charge in [-0.2, -0.15) is 13.2 Å². The number of nitrogens with zero attached hydrogens (tertiary/aromatic N) is 2. The van der Waals surface area contributed by atoms with Crippen molar-refractivity contribution < 1.29 is 26.4 Å². The van der Waals surface area contributed by atoms with Crippen LogP contribution in [0.25, 0.3) is 5.69 Å². The molecule has 0 atom stereocenters. The first kappa shape index (κ1) is 21.4. The van der Waals surface area contributed by atoms with E-state index < -0.39 is 44.0 Å². The Hall–Kier alpha value is -2.36. The molecule has 1 aromatic heterocycles. The van der Waals surface area contributed by atoms with Gasteiger partial charge in [0, 0.05) is 5.02 Å². The van der Waals surface area contributed by atoms with Crippen molar-refractivity contribution in [3.05, 3.63) is 76.3 Å². The van der Waals surface area contributed by atoms with Gasteiger partial charge in [0.1, 0.15) is 22.9 Å². The SMILES string of the molecule is O=C(CS(=O)(=O)c1cccc(Cl)c1)c1ncn(-c2ccccc2C(F)(F)F)c1Cl. The Morgan fingerprint density at radius 1 is 1.07 bits per heavy atom. The standard InChI is InChI=1S/C18H11Cl2F3N2O3S/c19-11-4-3-5-12(8-11)29(27,28)9-15(26)16-17(20)25(10-24-16)14-7-2-1-6-13(14)18(21,22)23/h1-8,10H,9H2. The predicted octanol–water partition coefficient (Wildman–Crippen LogP) is 4.85. The lowest BCUT2D eigenvalue weighted by molar-refractivity contribution is -0.137. The summed E-state index contributed by atoms with van der Waals surface area (Å²) in [7, 11) is -4.06. The van der Waals surface area contributed by atoms with E-state index in [2.05, 4.69) is 4.98 Å². The molecule has 0 fully saturated rings. The van der Waals surface area contributed by atoms with Crippen LogP contribution < -0.4 is 0 Å². The number of hydrogen-bond acceptors (Lipinski definition) is 4. The number of para-hydroxylation sites is 1. The second kappa shape index (κ2) is 7.81. The van der Waals surface area contributed by atoms with Gasteiger partial charge in [-0.1, -0.05) is 41.4 Å². The highest BCUT2D eigenvalue weighted by atomic mass is 35.5. The van der Waals surface area contributed by atoms with Gasteiger partial charge in [-0.3, -0.25) is 9.36 Å². The zero-order valence-electron chi connectivity index (χ0n) is 14.3. The Bertz CT molecular complexity index is 1190. The van der Waals surface area contributed by atoms with E-state index in [4.69, 9.17) is 23.2 Å². The van der Waals surface area contributed by atoms with Crippen molar-refractivity contribution in [1.82, 2.24) is 9.55 Å². The quantitative estimate of drug-likeness (QED) is 0.508. The molecule has 2 aromatic carbocycles. The molecule has 3 aromatic rings. The van der Waals surface area contributed by atoms with Gasteiger partial charge in [-0.15, -0.1) is 0 Å². The number of imidazole rings is 1. The highest BCUT2D eigenvalue weighted by Gasteiger charge is 2.34. The molecule has 0 saturated carbocycles. The first-order valence-corrected chi connectivity index (χ1v) is 10.3. The Morgan fingerprint density at radius 3 is 2.41 bits per heavy atom. The molecule has 0 amide bonds. The van der Waals surface area contributed by atoms with Gasteiger partial charge < -0.3 is 0 Å². The first-order valence-electron chi connectivity index (χ1n) is 7.91. The minimum atomic E-state index is -4.66. The molecule has 0 unspecified atom stereocenters. The summed E-state index contributed by atoms with van der Waals surface area (Å²) in [4.78, 5) is 16.0. The average molecular weight is 463 g/mol. The third-order valence-corrected chi connectivity index (χ3v) is 6.13. The highest BCUT2D eigenvalue weighted by molar-refractivity contribution is 7.92. The summed E-state index contributed by atoms with van der Waals surface area (Å²) < 4.78 is 65.5. The van der Waals surface area contributed by atoms with Crippen molar-refractivity contribution >= 4 is 38.8 Å².